The lowest BCUT2D eigenvalue weighted by Gasteiger charge is -2.25. The van der Waals surface area contributed by atoms with Crippen molar-refractivity contribution in [3.63, 3.8) is 0 Å². The number of para-hydroxylation sites is 1. The van der Waals surface area contributed by atoms with Gasteiger partial charge < -0.3 is 15.5 Å². The van der Waals surface area contributed by atoms with Crippen LogP contribution in [0.5, 0.6) is 0 Å². The monoisotopic (exact) mass is 345 g/mol. The Balaban J connectivity index is 0.00000121. The Morgan fingerprint density at radius 1 is 1.36 bits per heavy atom. The number of benzene rings is 1. The highest BCUT2D eigenvalue weighted by molar-refractivity contribution is 5.85. The van der Waals surface area contributed by atoms with Crippen molar-refractivity contribution in [2.24, 2.45) is 5.92 Å². The minimum absolute atomic E-state index is 0. The summed E-state index contributed by atoms with van der Waals surface area (Å²) in [6.07, 6.45) is 2.07. The highest BCUT2D eigenvalue weighted by Gasteiger charge is 2.26. The molecule has 2 unspecified atom stereocenters. The quantitative estimate of drug-likeness (QED) is 0.877. The average molecular weight is 346 g/mol. The molecule has 6 heteroatoms. The standard InChI is InChI=1S/C16H23N3O.2ClH/c1-12-10-13-4-2-3-5-15(13)19(12)9-8-18-16(20)14-6-7-17-11-14;;/h2-5,12,14,17H,6-11H2,1H3,(H,18,20);2*1H. The second kappa shape index (κ2) is 8.61. The molecule has 0 radical (unpaired) electrons. The topological polar surface area (TPSA) is 44.4 Å². The molecular weight excluding hydrogens is 321 g/mol. The van der Waals surface area contributed by atoms with Crippen LogP contribution in [0.25, 0.3) is 0 Å². The Morgan fingerprint density at radius 2 is 2.14 bits per heavy atom. The van der Waals surface area contributed by atoms with Crippen molar-refractivity contribution in [3.8, 4) is 0 Å². The molecule has 124 valence electrons. The number of hydrogen-bond donors (Lipinski definition) is 2. The maximum atomic E-state index is 12.0. The highest BCUT2D eigenvalue weighted by Crippen LogP contribution is 2.31. The van der Waals surface area contributed by atoms with Gasteiger partial charge in [-0.2, -0.15) is 0 Å². The van der Waals surface area contributed by atoms with Crippen LogP contribution in [-0.4, -0.2) is 38.1 Å². The van der Waals surface area contributed by atoms with Crippen LogP contribution in [0.1, 0.15) is 18.9 Å². The van der Waals surface area contributed by atoms with Gasteiger partial charge in [0.05, 0.1) is 5.92 Å². The molecule has 0 bridgehead atoms. The summed E-state index contributed by atoms with van der Waals surface area (Å²) < 4.78 is 0. The fourth-order valence-electron chi connectivity index (χ4n) is 3.29. The van der Waals surface area contributed by atoms with Crippen molar-refractivity contribution in [2.75, 3.05) is 31.1 Å². The van der Waals surface area contributed by atoms with Crippen LogP contribution >= 0.6 is 24.8 Å². The normalized spacial score (nSPS) is 22.5. The van der Waals surface area contributed by atoms with E-state index in [-0.39, 0.29) is 36.6 Å². The molecule has 1 fully saturated rings. The first-order chi connectivity index (χ1) is 9.75. The van der Waals surface area contributed by atoms with Crippen LogP contribution < -0.4 is 15.5 Å². The Hall–Kier alpha value is -0.970. The van der Waals surface area contributed by atoms with Gasteiger partial charge in [0.15, 0.2) is 0 Å². The van der Waals surface area contributed by atoms with Gasteiger partial charge in [-0.05, 0) is 37.9 Å². The number of nitrogens with zero attached hydrogens (tertiary/aromatic N) is 1. The van der Waals surface area contributed by atoms with E-state index in [1.165, 1.54) is 11.3 Å². The molecule has 3 rings (SSSR count). The second-order valence-electron chi connectivity index (χ2n) is 5.86. The van der Waals surface area contributed by atoms with Crippen molar-refractivity contribution in [1.29, 1.82) is 0 Å². The van der Waals surface area contributed by atoms with Crippen molar-refractivity contribution in [3.05, 3.63) is 29.8 Å². The first-order valence-electron chi connectivity index (χ1n) is 7.58. The summed E-state index contributed by atoms with van der Waals surface area (Å²) in [7, 11) is 0. The molecule has 1 aromatic rings. The summed E-state index contributed by atoms with van der Waals surface area (Å²) >= 11 is 0. The van der Waals surface area contributed by atoms with Crippen LogP contribution in [0.4, 0.5) is 5.69 Å². The van der Waals surface area contributed by atoms with Gasteiger partial charge in [0.2, 0.25) is 5.91 Å². The molecular formula is C16H25Cl2N3O. The van der Waals surface area contributed by atoms with Crippen LogP contribution in [0.3, 0.4) is 0 Å². The summed E-state index contributed by atoms with van der Waals surface area (Å²) in [6, 6.07) is 9.10. The summed E-state index contributed by atoms with van der Waals surface area (Å²) in [5, 5.41) is 6.32. The number of carbonyl (C=O) groups is 1. The molecule has 22 heavy (non-hydrogen) atoms. The van der Waals surface area contributed by atoms with Gasteiger partial charge in [-0.1, -0.05) is 18.2 Å². The fourth-order valence-corrected chi connectivity index (χ4v) is 3.29. The molecule has 1 aromatic carbocycles. The van der Waals surface area contributed by atoms with Crippen LogP contribution in [0.15, 0.2) is 24.3 Å². The summed E-state index contributed by atoms with van der Waals surface area (Å²) in [6.45, 7) is 5.67. The number of carbonyl (C=O) groups excluding carboxylic acids is 1. The summed E-state index contributed by atoms with van der Waals surface area (Å²) in [5.74, 6) is 0.369. The molecule has 1 amide bonds. The summed E-state index contributed by atoms with van der Waals surface area (Å²) in [5.41, 5.74) is 2.75. The van der Waals surface area contributed by atoms with E-state index < -0.39 is 0 Å². The van der Waals surface area contributed by atoms with Gasteiger partial charge in [0.25, 0.3) is 0 Å². The molecule has 2 N–H and O–H groups in total. The van der Waals surface area contributed by atoms with Gasteiger partial charge in [-0.3, -0.25) is 4.79 Å². The third-order valence-electron chi connectivity index (χ3n) is 4.43. The minimum atomic E-state index is 0. The van der Waals surface area contributed by atoms with E-state index in [2.05, 4.69) is 46.7 Å². The Morgan fingerprint density at radius 3 is 2.86 bits per heavy atom. The highest BCUT2D eigenvalue weighted by atomic mass is 35.5. The molecule has 2 heterocycles. The maximum absolute atomic E-state index is 12.0. The Bertz CT molecular complexity index is 492. The van der Waals surface area contributed by atoms with Crippen LogP contribution in [-0.2, 0) is 11.2 Å². The maximum Gasteiger partial charge on any atom is 0.224 e. The first-order valence-corrected chi connectivity index (χ1v) is 7.58. The number of hydrogen-bond acceptors (Lipinski definition) is 3. The molecule has 0 spiro atoms. The molecule has 2 aliphatic heterocycles. The molecule has 1 saturated heterocycles. The predicted molar refractivity (Wildman–Crippen MR) is 95.4 cm³/mol. The van der Waals surface area contributed by atoms with Crippen molar-refractivity contribution < 1.29 is 4.79 Å². The molecule has 0 aliphatic carbocycles. The van der Waals surface area contributed by atoms with Gasteiger partial charge in [-0.25, -0.2) is 0 Å². The van der Waals surface area contributed by atoms with E-state index in [0.717, 1.165) is 39.0 Å². The van der Waals surface area contributed by atoms with E-state index in [9.17, 15) is 4.79 Å². The number of nitrogens with one attached hydrogen (secondary N) is 2. The van der Waals surface area contributed by atoms with Crippen molar-refractivity contribution >= 4 is 36.4 Å². The van der Waals surface area contributed by atoms with Crippen LogP contribution in [0, 0.1) is 5.92 Å². The molecule has 4 nitrogen and oxygen atoms in total. The zero-order chi connectivity index (χ0) is 13.9. The zero-order valence-corrected chi connectivity index (χ0v) is 14.5. The summed E-state index contributed by atoms with van der Waals surface area (Å²) in [4.78, 5) is 14.4. The van der Waals surface area contributed by atoms with E-state index in [1.807, 2.05) is 0 Å². The second-order valence-corrected chi connectivity index (χ2v) is 5.86. The number of amides is 1. The average Bonchev–Trinajstić information content (AvgIpc) is 3.07. The van der Waals surface area contributed by atoms with Crippen molar-refractivity contribution in [2.45, 2.75) is 25.8 Å². The molecule has 0 saturated carbocycles. The van der Waals surface area contributed by atoms with E-state index in [1.54, 1.807) is 0 Å². The third kappa shape index (κ3) is 4.06. The van der Waals surface area contributed by atoms with Gasteiger partial charge in [0, 0.05) is 31.4 Å². The van der Waals surface area contributed by atoms with Gasteiger partial charge in [0.1, 0.15) is 0 Å². The van der Waals surface area contributed by atoms with Gasteiger partial charge in [-0.15, -0.1) is 24.8 Å². The van der Waals surface area contributed by atoms with E-state index in [0.29, 0.717) is 6.04 Å². The lowest BCUT2D eigenvalue weighted by atomic mass is 10.1. The lowest BCUT2D eigenvalue weighted by Crippen LogP contribution is -2.40. The zero-order valence-electron chi connectivity index (χ0n) is 12.9. The number of rotatable bonds is 4. The molecule has 0 aromatic heterocycles. The smallest absolute Gasteiger partial charge is 0.224 e. The molecule has 2 aliphatic rings. The Kier molecular flexibility index (Phi) is 7.46. The third-order valence-corrected chi connectivity index (χ3v) is 4.43. The van der Waals surface area contributed by atoms with Crippen molar-refractivity contribution in [1.82, 2.24) is 10.6 Å². The molecule has 2 atom stereocenters. The number of anilines is 1. The van der Waals surface area contributed by atoms with Crippen LogP contribution in [0.2, 0.25) is 0 Å². The lowest BCUT2D eigenvalue weighted by molar-refractivity contribution is -0.124. The predicted octanol–water partition coefficient (Wildman–Crippen LogP) is 2.01. The van der Waals surface area contributed by atoms with E-state index >= 15 is 0 Å². The van der Waals surface area contributed by atoms with Gasteiger partial charge >= 0.3 is 0 Å². The van der Waals surface area contributed by atoms with E-state index in [4.69, 9.17) is 0 Å². The fraction of sp³-hybridized carbons (Fsp3) is 0.562. The number of fused-ring (bicyclic) bond motifs is 1. The SMILES string of the molecule is CC1Cc2ccccc2N1CCNC(=O)C1CCNC1.Cl.Cl. The first kappa shape index (κ1) is 19.1. The minimum Gasteiger partial charge on any atom is -0.367 e. The largest absolute Gasteiger partial charge is 0.367 e. The Labute approximate surface area is 144 Å². The number of halogens is 2.